The molecule has 0 radical (unpaired) electrons. The largest absolute Gasteiger partial charge is 0.508 e. The van der Waals surface area contributed by atoms with Crippen molar-refractivity contribution in [1.82, 2.24) is 4.31 Å². The molecule has 1 N–H and O–H groups in total. The van der Waals surface area contributed by atoms with Crippen LogP contribution in [0.5, 0.6) is 5.75 Å². The number of aromatic hydroxyl groups is 1. The van der Waals surface area contributed by atoms with Crippen LogP contribution in [0.15, 0.2) is 16.6 Å². The molecule has 0 atom stereocenters. The number of phenols is 1. The third-order valence-electron chi connectivity index (χ3n) is 3.21. The first-order valence-electron chi connectivity index (χ1n) is 6.62. The summed E-state index contributed by atoms with van der Waals surface area (Å²) < 4.78 is 24.5. The van der Waals surface area contributed by atoms with Crippen LogP contribution in [0.1, 0.15) is 30.4 Å². The van der Waals surface area contributed by atoms with Crippen LogP contribution in [0.4, 0.5) is 0 Å². The molecule has 2 rings (SSSR count). The molecule has 0 spiro atoms. The van der Waals surface area contributed by atoms with E-state index in [2.05, 4.69) is 15.9 Å². The highest BCUT2D eigenvalue weighted by Gasteiger charge is 2.18. The second-order valence-electron chi connectivity index (χ2n) is 5.12. The zero-order valence-corrected chi connectivity index (χ0v) is 14.6. The summed E-state index contributed by atoms with van der Waals surface area (Å²) in [5, 5.41) is 9.10. The van der Waals surface area contributed by atoms with Gasteiger partial charge < -0.3 is 5.11 Å². The van der Waals surface area contributed by atoms with E-state index in [1.54, 1.807) is 16.4 Å². The van der Waals surface area contributed by atoms with Crippen molar-refractivity contribution < 1.29 is 13.5 Å². The molecule has 0 unspecified atom stereocenters. The molecule has 0 bridgehead atoms. The van der Waals surface area contributed by atoms with Gasteiger partial charge in [-0.25, -0.2) is 12.7 Å². The average Bonchev–Trinajstić information content (AvgIpc) is 2.37. The standard InChI is InChI=1S/C8H9BrO.C6H13NO2S/c1-5-3-7(10)4-6(2)8(5)9;1-10(8,9)7-5-3-2-4-6-7/h3-4,10H,1-2H3;2-6H2,1H3. The summed E-state index contributed by atoms with van der Waals surface area (Å²) in [5.41, 5.74) is 2.13. The Kier molecular flexibility index (Phi) is 6.48. The van der Waals surface area contributed by atoms with Crippen molar-refractivity contribution in [3.05, 3.63) is 27.7 Å². The van der Waals surface area contributed by atoms with Crippen LogP contribution in [0.25, 0.3) is 0 Å². The van der Waals surface area contributed by atoms with E-state index in [0.717, 1.165) is 41.5 Å². The van der Waals surface area contributed by atoms with Crippen molar-refractivity contribution in [3.63, 3.8) is 0 Å². The smallest absolute Gasteiger partial charge is 0.211 e. The molecule has 6 heteroatoms. The predicted molar refractivity (Wildman–Crippen MR) is 85.5 cm³/mol. The minimum Gasteiger partial charge on any atom is -0.508 e. The Labute approximate surface area is 130 Å². The maximum absolute atomic E-state index is 10.9. The number of sulfonamides is 1. The fourth-order valence-corrected chi connectivity index (χ4v) is 3.27. The summed E-state index contributed by atoms with van der Waals surface area (Å²) >= 11 is 3.40. The molecule has 0 amide bonds. The van der Waals surface area contributed by atoms with Gasteiger partial charge in [0.1, 0.15) is 5.75 Å². The average molecular weight is 364 g/mol. The van der Waals surface area contributed by atoms with Gasteiger partial charge in [-0.1, -0.05) is 22.4 Å². The lowest BCUT2D eigenvalue weighted by molar-refractivity contribution is 0.349. The van der Waals surface area contributed by atoms with E-state index in [1.807, 2.05) is 13.8 Å². The van der Waals surface area contributed by atoms with Crippen LogP contribution in [-0.2, 0) is 10.0 Å². The van der Waals surface area contributed by atoms with Crippen LogP contribution >= 0.6 is 15.9 Å². The highest BCUT2D eigenvalue weighted by Crippen LogP contribution is 2.25. The highest BCUT2D eigenvalue weighted by atomic mass is 79.9. The zero-order valence-electron chi connectivity index (χ0n) is 12.2. The Balaban J connectivity index is 0.000000200. The molecule has 1 aliphatic heterocycles. The second-order valence-corrected chi connectivity index (χ2v) is 7.89. The van der Waals surface area contributed by atoms with Crippen molar-refractivity contribution >= 4 is 26.0 Å². The van der Waals surface area contributed by atoms with Gasteiger partial charge in [-0.05, 0) is 49.9 Å². The van der Waals surface area contributed by atoms with Gasteiger partial charge >= 0.3 is 0 Å². The van der Waals surface area contributed by atoms with Crippen LogP contribution < -0.4 is 0 Å². The topological polar surface area (TPSA) is 57.6 Å². The molecule has 1 saturated heterocycles. The van der Waals surface area contributed by atoms with E-state index in [9.17, 15) is 8.42 Å². The van der Waals surface area contributed by atoms with Crippen molar-refractivity contribution in [2.45, 2.75) is 33.1 Å². The number of aryl methyl sites for hydroxylation is 2. The lowest BCUT2D eigenvalue weighted by atomic mass is 10.1. The molecule has 1 fully saturated rings. The summed E-state index contributed by atoms with van der Waals surface area (Å²) in [4.78, 5) is 0. The van der Waals surface area contributed by atoms with Gasteiger partial charge in [-0.15, -0.1) is 0 Å². The zero-order chi connectivity index (χ0) is 15.3. The predicted octanol–water partition coefficient (Wildman–Crippen LogP) is 3.20. The number of piperidine rings is 1. The monoisotopic (exact) mass is 363 g/mol. The number of hydrogen-bond acceptors (Lipinski definition) is 3. The van der Waals surface area contributed by atoms with Gasteiger partial charge in [0.05, 0.1) is 6.26 Å². The molecule has 20 heavy (non-hydrogen) atoms. The molecule has 1 aromatic rings. The Morgan fingerprint density at radius 1 is 1.10 bits per heavy atom. The van der Waals surface area contributed by atoms with Gasteiger partial charge in [0.15, 0.2) is 0 Å². The van der Waals surface area contributed by atoms with Gasteiger partial charge in [-0.3, -0.25) is 0 Å². The summed E-state index contributed by atoms with van der Waals surface area (Å²) in [6, 6.07) is 3.47. The first-order valence-corrected chi connectivity index (χ1v) is 9.27. The maximum atomic E-state index is 10.9. The third-order valence-corrected chi connectivity index (χ3v) is 5.76. The van der Waals surface area contributed by atoms with Crippen LogP contribution in [0.3, 0.4) is 0 Å². The molecular weight excluding hydrogens is 342 g/mol. The van der Waals surface area contributed by atoms with Crippen molar-refractivity contribution in [2.24, 2.45) is 0 Å². The number of benzene rings is 1. The Morgan fingerprint density at radius 2 is 1.55 bits per heavy atom. The molecule has 0 aromatic heterocycles. The Hall–Kier alpha value is -0.590. The minimum atomic E-state index is -2.89. The SMILES string of the molecule is CS(=O)(=O)N1CCCCC1.Cc1cc(O)cc(C)c1Br. The van der Waals surface area contributed by atoms with E-state index in [1.165, 1.54) is 12.7 Å². The molecule has 1 aliphatic rings. The molecule has 1 heterocycles. The van der Waals surface area contributed by atoms with Gasteiger partial charge in [0, 0.05) is 17.6 Å². The van der Waals surface area contributed by atoms with Gasteiger partial charge in [0.2, 0.25) is 10.0 Å². The normalized spacial score (nSPS) is 16.4. The highest BCUT2D eigenvalue weighted by molar-refractivity contribution is 9.10. The third kappa shape index (κ3) is 5.42. The van der Waals surface area contributed by atoms with Crippen LogP contribution in [-0.4, -0.2) is 37.2 Å². The molecule has 0 saturated carbocycles. The summed E-state index contributed by atoms with van der Waals surface area (Å²) in [7, 11) is -2.89. The minimum absolute atomic E-state index is 0.332. The Morgan fingerprint density at radius 3 is 1.90 bits per heavy atom. The summed E-state index contributed by atoms with van der Waals surface area (Å²) in [6.45, 7) is 5.35. The number of phenolic OH excluding ortho intramolecular Hbond substituents is 1. The first-order chi connectivity index (χ1) is 9.21. The van der Waals surface area contributed by atoms with Gasteiger partial charge in [-0.2, -0.15) is 0 Å². The van der Waals surface area contributed by atoms with Gasteiger partial charge in [0.25, 0.3) is 0 Å². The van der Waals surface area contributed by atoms with E-state index in [4.69, 9.17) is 5.11 Å². The molecular formula is C14H22BrNO3S. The van der Waals surface area contributed by atoms with E-state index in [-0.39, 0.29) is 0 Å². The molecule has 0 aliphatic carbocycles. The van der Waals surface area contributed by atoms with Crippen LogP contribution in [0.2, 0.25) is 0 Å². The number of hydrogen-bond donors (Lipinski definition) is 1. The van der Waals surface area contributed by atoms with Crippen molar-refractivity contribution in [1.29, 1.82) is 0 Å². The number of nitrogens with zero attached hydrogens (tertiary/aromatic N) is 1. The van der Waals surface area contributed by atoms with Crippen LogP contribution in [0, 0.1) is 13.8 Å². The molecule has 114 valence electrons. The first kappa shape index (κ1) is 17.5. The summed E-state index contributed by atoms with van der Waals surface area (Å²) in [5.74, 6) is 0.332. The van der Waals surface area contributed by atoms with E-state index in [0.29, 0.717) is 5.75 Å². The molecule has 4 nitrogen and oxygen atoms in total. The molecule has 1 aromatic carbocycles. The van der Waals surface area contributed by atoms with E-state index >= 15 is 0 Å². The second kappa shape index (κ2) is 7.43. The quantitative estimate of drug-likeness (QED) is 0.833. The van der Waals surface area contributed by atoms with Crippen molar-refractivity contribution in [3.8, 4) is 5.75 Å². The lowest BCUT2D eigenvalue weighted by Crippen LogP contribution is -2.34. The number of rotatable bonds is 1. The fraction of sp³-hybridized carbons (Fsp3) is 0.571. The lowest BCUT2D eigenvalue weighted by Gasteiger charge is -2.23. The maximum Gasteiger partial charge on any atom is 0.211 e. The fourth-order valence-electron chi connectivity index (χ4n) is 2.12. The Bertz CT molecular complexity index is 529. The summed E-state index contributed by atoms with van der Waals surface area (Å²) in [6.07, 6.45) is 4.49. The van der Waals surface area contributed by atoms with Crippen molar-refractivity contribution in [2.75, 3.05) is 19.3 Å². The van der Waals surface area contributed by atoms with E-state index < -0.39 is 10.0 Å². The number of halogens is 1.